The quantitative estimate of drug-likeness (QED) is 0.311. The van der Waals surface area contributed by atoms with E-state index in [2.05, 4.69) is 15.5 Å². The molecule has 0 radical (unpaired) electrons. The number of nitro benzene ring substituents is 1. The highest BCUT2D eigenvalue weighted by Crippen LogP contribution is 2.24. The van der Waals surface area contributed by atoms with E-state index >= 15 is 0 Å². The highest BCUT2D eigenvalue weighted by Gasteiger charge is 2.19. The third-order valence-corrected chi connectivity index (χ3v) is 5.14. The van der Waals surface area contributed by atoms with Gasteiger partial charge in [0.15, 0.2) is 17.1 Å². The van der Waals surface area contributed by atoms with Crippen LogP contribution in [0.15, 0.2) is 59.8 Å². The average Bonchev–Trinajstić information content (AvgIpc) is 3.16. The predicted octanol–water partition coefficient (Wildman–Crippen LogP) is 4.08. The summed E-state index contributed by atoms with van der Waals surface area (Å²) in [5.41, 5.74) is 0.464. The second kappa shape index (κ2) is 9.88. The summed E-state index contributed by atoms with van der Waals surface area (Å²) in [7, 11) is 0. The maximum Gasteiger partial charge on any atom is 0.269 e. The molecule has 1 amide bonds. The fraction of sp³-hybridized carbons (Fsp3) is 0.250. The zero-order valence-electron chi connectivity index (χ0n) is 16.5. The number of nitrogens with one attached hydrogen (secondary N) is 1. The molecule has 1 aromatic heterocycles. The van der Waals surface area contributed by atoms with Crippen molar-refractivity contribution < 1.29 is 14.5 Å². The van der Waals surface area contributed by atoms with Crippen molar-refractivity contribution in [1.82, 2.24) is 14.8 Å². The molecule has 2 aromatic carbocycles. The van der Waals surface area contributed by atoms with Crippen LogP contribution < -0.4 is 10.1 Å². The number of thioether (sulfide) groups is 1. The van der Waals surface area contributed by atoms with Gasteiger partial charge in [0.1, 0.15) is 5.75 Å². The van der Waals surface area contributed by atoms with E-state index in [0.717, 1.165) is 5.75 Å². The Morgan fingerprint density at radius 3 is 2.53 bits per heavy atom. The number of benzene rings is 2. The smallest absolute Gasteiger partial charge is 0.269 e. The Balaban J connectivity index is 1.60. The molecule has 0 bridgehead atoms. The molecule has 0 spiro atoms. The summed E-state index contributed by atoms with van der Waals surface area (Å²) in [6, 6.07) is 15.2. The molecule has 0 saturated heterocycles. The molecule has 9 nitrogen and oxygen atoms in total. The normalized spacial score (nSPS) is 11.7. The van der Waals surface area contributed by atoms with Crippen molar-refractivity contribution in [2.24, 2.45) is 0 Å². The number of nitro groups is 1. The van der Waals surface area contributed by atoms with Crippen molar-refractivity contribution >= 4 is 29.0 Å². The molecule has 10 heteroatoms. The van der Waals surface area contributed by atoms with Gasteiger partial charge in [-0.3, -0.25) is 14.9 Å². The van der Waals surface area contributed by atoms with Gasteiger partial charge in [-0.2, -0.15) is 0 Å². The lowest BCUT2D eigenvalue weighted by Crippen LogP contribution is -2.15. The molecular weight excluding hydrogens is 406 g/mol. The van der Waals surface area contributed by atoms with E-state index in [1.165, 1.54) is 36.0 Å². The average molecular weight is 427 g/mol. The third kappa shape index (κ3) is 5.35. The van der Waals surface area contributed by atoms with Gasteiger partial charge < -0.3 is 14.6 Å². The molecule has 0 aliphatic rings. The first-order valence-electron chi connectivity index (χ1n) is 9.29. The Morgan fingerprint density at radius 1 is 1.20 bits per heavy atom. The number of carbonyl (C=O) groups excluding carboxylic acids is 1. The highest BCUT2D eigenvalue weighted by atomic mass is 32.2. The summed E-state index contributed by atoms with van der Waals surface area (Å²) < 4.78 is 7.84. The Bertz CT molecular complexity index is 1010. The zero-order chi connectivity index (χ0) is 21.5. The van der Waals surface area contributed by atoms with Crippen LogP contribution in [-0.2, 0) is 11.3 Å². The largest absolute Gasteiger partial charge is 0.483 e. The number of nitrogens with zero attached hydrogens (tertiary/aromatic N) is 4. The first-order valence-corrected chi connectivity index (χ1v) is 10.3. The highest BCUT2D eigenvalue weighted by molar-refractivity contribution is 7.99. The van der Waals surface area contributed by atoms with E-state index in [-0.39, 0.29) is 23.5 Å². The molecule has 1 heterocycles. The van der Waals surface area contributed by atoms with Crippen LogP contribution in [0, 0.1) is 10.1 Å². The Labute approximate surface area is 177 Å². The van der Waals surface area contributed by atoms with E-state index in [0.29, 0.717) is 23.2 Å². The number of carbonyl (C=O) groups is 1. The van der Waals surface area contributed by atoms with Crippen molar-refractivity contribution in [3.63, 3.8) is 0 Å². The van der Waals surface area contributed by atoms with Crippen LogP contribution >= 0.6 is 11.8 Å². The lowest BCUT2D eigenvalue weighted by molar-refractivity contribution is -0.384. The summed E-state index contributed by atoms with van der Waals surface area (Å²) in [6.45, 7) is 4.51. The van der Waals surface area contributed by atoms with E-state index in [1.807, 2.05) is 48.7 Å². The summed E-state index contributed by atoms with van der Waals surface area (Å²) in [6.07, 6.45) is -0.303. The number of rotatable bonds is 9. The number of hydrogen-bond acceptors (Lipinski definition) is 7. The standard InChI is InChI=1S/C20H21N5O4S/c1-3-24-19(14(2)29-17-7-5-4-6-8-17)22-23-20(24)30-13-18(26)21-15-9-11-16(12-10-15)25(27)28/h4-12,14H,3,13H2,1-2H3,(H,21,26). The lowest BCUT2D eigenvalue weighted by Gasteiger charge is -2.15. The number of aromatic nitrogens is 3. The second-order valence-electron chi connectivity index (χ2n) is 6.30. The minimum atomic E-state index is -0.487. The fourth-order valence-electron chi connectivity index (χ4n) is 2.75. The van der Waals surface area contributed by atoms with Crippen molar-refractivity contribution in [2.45, 2.75) is 31.7 Å². The Hall–Kier alpha value is -3.40. The van der Waals surface area contributed by atoms with Crippen LogP contribution in [0.5, 0.6) is 5.75 Å². The minimum absolute atomic E-state index is 0.0298. The first-order chi connectivity index (χ1) is 14.5. The molecule has 1 atom stereocenters. The Kier molecular flexibility index (Phi) is 7.02. The van der Waals surface area contributed by atoms with Crippen LogP contribution in [-0.4, -0.2) is 31.3 Å². The molecular formula is C20H21N5O4S. The van der Waals surface area contributed by atoms with Crippen LogP contribution in [0.3, 0.4) is 0 Å². The monoisotopic (exact) mass is 427 g/mol. The number of anilines is 1. The van der Waals surface area contributed by atoms with E-state index in [1.54, 1.807) is 0 Å². The molecule has 0 saturated carbocycles. The zero-order valence-corrected chi connectivity index (χ0v) is 17.3. The molecule has 1 N–H and O–H groups in total. The maximum absolute atomic E-state index is 12.2. The molecule has 156 valence electrons. The van der Waals surface area contributed by atoms with E-state index < -0.39 is 4.92 Å². The van der Waals surface area contributed by atoms with Gasteiger partial charge in [0.05, 0.1) is 10.7 Å². The number of non-ortho nitro benzene ring substituents is 1. The van der Waals surface area contributed by atoms with Crippen LogP contribution in [0.25, 0.3) is 0 Å². The summed E-state index contributed by atoms with van der Waals surface area (Å²) in [5.74, 6) is 1.31. The van der Waals surface area contributed by atoms with Gasteiger partial charge in [-0.05, 0) is 38.1 Å². The molecule has 30 heavy (non-hydrogen) atoms. The van der Waals surface area contributed by atoms with Crippen LogP contribution in [0.2, 0.25) is 0 Å². The number of para-hydroxylation sites is 1. The van der Waals surface area contributed by atoms with Gasteiger partial charge in [-0.1, -0.05) is 30.0 Å². The molecule has 3 rings (SSSR count). The lowest BCUT2D eigenvalue weighted by atomic mass is 10.3. The van der Waals surface area contributed by atoms with Gasteiger partial charge in [-0.15, -0.1) is 10.2 Å². The number of amides is 1. The van der Waals surface area contributed by atoms with Gasteiger partial charge in [0.2, 0.25) is 5.91 Å². The first kappa shape index (κ1) is 21.3. The maximum atomic E-state index is 12.2. The van der Waals surface area contributed by atoms with Crippen LogP contribution in [0.4, 0.5) is 11.4 Å². The van der Waals surface area contributed by atoms with Crippen molar-refractivity contribution in [1.29, 1.82) is 0 Å². The molecule has 0 aliphatic heterocycles. The number of ether oxygens (including phenoxy) is 1. The van der Waals surface area contributed by atoms with Crippen molar-refractivity contribution in [3.8, 4) is 5.75 Å². The molecule has 0 fully saturated rings. The van der Waals surface area contributed by atoms with Gasteiger partial charge in [0, 0.05) is 24.4 Å². The van der Waals surface area contributed by atoms with Crippen LogP contribution in [0.1, 0.15) is 25.8 Å². The van der Waals surface area contributed by atoms with E-state index in [4.69, 9.17) is 4.74 Å². The molecule has 1 unspecified atom stereocenters. The van der Waals surface area contributed by atoms with Gasteiger partial charge in [-0.25, -0.2) is 0 Å². The molecule has 0 aliphatic carbocycles. The van der Waals surface area contributed by atoms with Gasteiger partial charge in [0.25, 0.3) is 5.69 Å². The summed E-state index contributed by atoms with van der Waals surface area (Å²) >= 11 is 1.27. The number of hydrogen-bond donors (Lipinski definition) is 1. The topological polar surface area (TPSA) is 112 Å². The fourth-order valence-corrected chi connectivity index (χ4v) is 3.56. The predicted molar refractivity (Wildman–Crippen MR) is 114 cm³/mol. The Morgan fingerprint density at radius 2 is 1.90 bits per heavy atom. The van der Waals surface area contributed by atoms with Gasteiger partial charge >= 0.3 is 0 Å². The second-order valence-corrected chi connectivity index (χ2v) is 7.24. The summed E-state index contributed by atoms with van der Waals surface area (Å²) in [4.78, 5) is 22.4. The van der Waals surface area contributed by atoms with E-state index in [9.17, 15) is 14.9 Å². The SMILES string of the molecule is CCn1c(SCC(=O)Nc2ccc([N+](=O)[O-])cc2)nnc1C(C)Oc1ccccc1. The molecule has 3 aromatic rings. The summed E-state index contributed by atoms with van der Waals surface area (Å²) in [5, 5.41) is 22.5. The third-order valence-electron chi connectivity index (χ3n) is 4.18. The minimum Gasteiger partial charge on any atom is -0.483 e. The van der Waals surface area contributed by atoms with Crippen molar-refractivity contribution in [3.05, 3.63) is 70.5 Å². The van der Waals surface area contributed by atoms with Crippen molar-refractivity contribution in [2.75, 3.05) is 11.1 Å².